The van der Waals surface area contributed by atoms with Crippen molar-refractivity contribution in [2.45, 2.75) is 39.2 Å². The maximum absolute atomic E-state index is 11.4. The predicted molar refractivity (Wildman–Crippen MR) is 64.0 cm³/mol. The highest BCUT2D eigenvalue weighted by atomic mass is 32.2. The number of hydrogen-bond acceptors (Lipinski definition) is 5. The molecule has 1 unspecified atom stereocenters. The fourth-order valence-electron chi connectivity index (χ4n) is 1.30. The Kier molecular flexibility index (Phi) is 6.66. The monoisotopic (exact) mass is 267 g/mol. The maximum Gasteiger partial charge on any atom is 0.322 e. The van der Waals surface area contributed by atoms with E-state index < -0.39 is 27.3 Å². The van der Waals surface area contributed by atoms with Crippen molar-refractivity contribution in [3.05, 3.63) is 0 Å². The second kappa shape index (κ2) is 6.93. The number of carbonyl (C=O) groups is 1. The standard InChI is InChI=1S/C10H21NO5S/c1-4-6-10(3,13)8-11-17(14,15)7-9(12)16-5-2/h11,13H,4-8H2,1-3H3. The van der Waals surface area contributed by atoms with Crippen LogP contribution in [0.15, 0.2) is 0 Å². The van der Waals surface area contributed by atoms with E-state index in [4.69, 9.17) is 0 Å². The van der Waals surface area contributed by atoms with Crippen molar-refractivity contribution in [2.24, 2.45) is 0 Å². The van der Waals surface area contributed by atoms with Crippen molar-refractivity contribution in [3.63, 3.8) is 0 Å². The molecule has 0 aliphatic heterocycles. The lowest BCUT2D eigenvalue weighted by Gasteiger charge is -2.22. The average molecular weight is 267 g/mol. The molecule has 0 amide bonds. The van der Waals surface area contributed by atoms with Crippen molar-refractivity contribution in [1.82, 2.24) is 4.72 Å². The van der Waals surface area contributed by atoms with Gasteiger partial charge in [-0.05, 0) is 20.3 Å². The third-order valence-corrected chi connectivity index (χ3v) is 3.27. The van der Waals surface area contributed by atoms with Crippen LogP contribution in [-0.4, -0.2) is 44.0 Å². The fourth-order valence-corrected chi connectivity index (χ4v) is 2.33. The summed E-state index contributed by atoms with van der Waals surface area (Å²) < 4.78 is 29.6. The van der Waals surface area contributed by atoms with Crippen LogP contribution in [-0.2, 0) is 19.6 Å². The molecule has 0 fully saturated rings. The van der Waals surface area contributed by atoms with Crippen molar-refractivity contribution < 1.29 is 23.1 Å². The molecule has 0 heterocycles. The van der Waals surface area contributed by atoms with Crippen LogP contribution in [0.3, 0.4) is 0 Å². The first kappa shape index (κ1) is 16.3. The molecule has 17 heavy (non-hydrogen) atoms. The molecule has 0 aliphatic rings. The van der Waals surface area contributed by atoms with Gasteiger partial charge in [0.2, 0.25) is 10.0 Å². The molecule has 102 valence electrons. The first-order valence-electron chi connectivity index (χ1n) is 5.58. The van der Waals surface area contributed by atoms with Gasteiger partial charge in [-0.1, -0.05) is 13.3 Å². The Balaban J connectivity index is 4.23. The molecule has 0 bridgehead atoms. The molecule has 0 aromatic carbocycles. The predicted octanol–water partition coefficient (Wildman–Crippen LogP) is 0.0200. The maximum atomic E-state index is 11.4. The third-order valence-electron chi connectivity index (χ3n) is 2.07. The summed E-state index contributed by atoms with van der Waals surface area (Å²) in [5.74, 6) is -1.52. The lowest BCUT2D eigenvalue weighted by Crippen LogP contribution is -2.42. The Hall–Kier alpha value is -0.660. The topological polar surface area (TPSA) is 92.7 Å². The first-order chi connectivity index (χ1) is 7.72. The Morgan fingerprint density at radius 1 is 1.41 bits per heavy atom. The smallest absolute Gasteiger partial charge is 0.322 e. The summed E-state index contributed by atoms with van der Waals surface area (Å²) in [7, 11) is -3.74. The van der Waals surface area contributed by atoms with Gasteiger partial charge in [0.25, 0.3) is 0 Å². The van der Waals surface area contributed by atoms with Gasteiger partial charge in [0.15, 0.2) is 5.75 Å². The van der Waals surface area contributed by atoms with Gasteiger partial charge in [0.05, 0.1) is 12.2 Å². The number of aliphatic hydroxyl groups is 1. The summed E-state index contributed by atoms with van der Waals surface area (Å²) in [6, 6.07) is 0. The van der Waals surface area contributed by atoms with Gasteiger partial charge in [-0.2, -0.15) is 0 Å². The highest BCUT2D eigenvalue weighted by Gasteiger charge is 2.24. The van der Waals surface area contributed by atoms with Crippen LogP contribution in [0.25, 0.3) is 0 Å². The summed E-state index contributed by atoms with van der Waals surface area (Å²) >= 11 is 0. The van der Waals surface area contributed by atoms with Gasteiger partial charge in [-0.15, -0.1) is 0 Å². The minimum atomic E-state index is -3.74. The van der Waals surface area contributed by atoms with Crippen molar-refractivity contribution in [2.75, 3.05) is 18.9 Å². The highest BCUT2D eigenvalue weighted by Crippen LogP contribution is 2.10. The van der Waals surface area contributed by atoms with Crippen LogP contribution in [0.4, 0.5) is 0 Å². The number of nitrogens with one attached hydrogen (secondary N) is 1. The summed E-state index contributed by atoms with van der Waals surface area (Å²) in [6.45, 7) is 5.07. The molecular weight excluding hydrogens is 246 g/mol. The van der Waals surface area contributed by atoms with Crippen LogP contribution in [0.2, 0.25) is 0 Å². The van der Waals surface area contributed by atoms with E-state index in [-0.39, 0.29) is 13.2 Å². The molecule has 1 atom stereocenters. The Morgan fingerprint density at radius 2 is 2.00 bits per heavy atom. The second-order valence-electron chi connectivity index (χ2n) is 4.13. The second-order valence-corrected chi connectivity index (χ2v) is 5.94. The summed E-state index contributed by atoms with van der Waals surface area (Å²) in [4.78, 5) is 11.0. The lowest BCUT2D eigenvalue weighted by molar-refractivity contribution is -0.139. The van der Waals surface area contributed by atoms with Crippen LogP contribution >= 0.6 is 0 Å². The minimum Gasteiger partial charge on any atom is -0.465 e. The van der Waals surface area contributed by atoms with E-state index in [1.54, 1.807) is 13.8 Å². The number of rotatable bonds is 8. The Morgan fingerprint density at radius 3 is 2.47 bits per heavy atom. The van der Waals surface area contributed by atoms with Crippen LogP contribution in [0, 0.1) is 0 Å². The zero-order chi connectivity index (χ0) is 13.5. The fraction of sp³-hybridized carbons (Fsp3) is 0.900. The molecule has 0 spiro atoms. The van der Waals surface area contributed by atoms with Gasteiger partial charge in [-0.3, -0.25) is 4.79 Å². The van der Waals surface area contributed by atoms with Crippen LogP contribution in [0.5, 0.6) is 0 Å². The number of hydrogen-bond donors (Lipinski definition) is 2. The zero-order valence-electron chi connectivity index (χ0n) is 10.5. The van der Waals surface area contributed by atoms with Gasteiger partial charge in [-0.25, -0.2) is 13.1 Å². The number of esters is 1. The first-order valence-corrected chi connectivity index (χ1v) is 7.23. The molecular formula is C10H21NO5S. The van der Waals surface area contributed by atoms with Crippen molar-refractivity contribution >= 4 is 16.0 Å². The third kappa shape index (κ3) is 8.12. The molecule has 0 aromatic rings. The molecule has 0 radical (unpaired) electrons. The molecule has 0 aliphatic carbocycles. The normalized spacial score (nSPS) is 15.3. The van der Waals surface area contributed by atoms with Gasteiger partial charge in [0.1, 0.15) is 0 Å². The van der Waals surface area contributed by atoms with E-state index in [1.807, 2.05) is 6.92 Å². The Bertz CT molecular complexity index is 337. The minimum absolute atomic E-state index is 0.109. The van der Waals surface area contributed by atoms with E-state index in [2.05, 4.69) is 9.46 Å². The molecule has 2 N–H and O–H groups in total. The average Bonchev–Trinajstić information content (AvgIpc) is 2.15. The summed E-state index contributed by atoms with van der Waals surface area (Å²) in [5, 5.41) is 9.77. The van der Waals surface area contributed by atoms with E-state index in [1.165, 1.54) is 0 Å². The van der Waals surface area contributed by atoms with Crippen molar-refractivity contribution in [3.8, 4) is 0 Å². The number of carbonyl (C=O) groups excluding carboxylic acids is 1. The Labute approximate surface area is 102 Å². The van der Waals surface area contributed by atoms with E-state index in [0.717, 1.165) is 6.42 Å². The van der Waals surface area contributed by atoms with E-state index in [0.29, 0.717) is 6.42 Å². The largest absolute Gasteiger partial charge is 0.465 e. The number of ether oxygens (including phenoxy) is 1. The SMILES string of the molecule is CCCC(C)(O)CNS(=O)(=O)CC(=O)OCC. The van der Waals surface area contributed by atoms with Crippen LogP contribution in [0.1, 0.15) is 33.6 Å². The highest BCUT2D eigenvalue weighted by molar-refractivity contribution is 7.90. The molecule has 6 nitrogen and oxygen atoms in total. The van der Waals surface area contributed by atoms with Crippen LogP contribution < -0.4 is 4.72 Å². The van der Waals surface area contributed by atoms with Gasteiger partial charge in [0, 0.05) is 6.54 Å². The molecule has 0 rings (SSSR count). The van der Waals surface area contributed by atoms with Gasteiger partial charge >= 0.3 is 5.97 Å². The summed E-state index contributed by atoms with van der Waals surface area (Å²) in [6.07, 6.45) is 1.22. The molecule has 0 saturated carbocycles. The molecule has 0 aromatic heterocycles. The number of sulfonamides is 1. The summed E-state index contributed by atoms with van der Waals surface area (Å²) in [5.41, 5.74) is -1.10. The van der Waals surface area contributed by atoms with E-state index >= 15 is 0 Å². The molecule has 0 saturated heterocycles. The zero-order valence-corrected chi connectivity index (χ0v) is 11.3. The molecule has 7 heteroatoms. The van der Waals surface area contributed by atoms with Gasteiger partial charge < -0.3 is 9.84 Å². The van der Waals surface area contributed by atoms with E-state index in [9.17, 15) is 18.3 Å². The quantitative estimate of drug-likeness (QED) is 0.605. The van der Waals surface area contributed by atoms with Crippen molar-refractivity contribution in [1.29, 1.82) is 0 Å². The lowest BCUT2D eigenvalue weighted by atomic mass is 10.0.